The van der Waals surface area contributed by atoms with Crippen molar-refractivity contribution in [3.8, 4) is 0 Å². The first-order chi connectivity index (χ1) is 9.99. The van der Waals surface area contributed by atoms with E-state index in [1.54, 1.807) is 6.07 Å². The van der Waals surface area contributed by atoms with Crippen molar-refractivity contribution in [2.75, 3.05) is 0 Å². The lowest BCUT2D eigenvalue weighted by Crippen LogP contribution is -2.32. The van der Waals surface area contributed by atoms with Gasteiger partial charge >= 0.3 is 0 Å². The molecular formula is C19H24FN. The van der Waals surface area contributed by atoms with Gasteiger partial charge in [0.1, 0.15) is 5.82 Å². The highest BCUT2D eigenvalue weighted by Gasteiger charge is 2.37. The zero-order chi connectivity index (χ0) is 15.5. The maximum atomic E-state index is 13.1. The highest BCUT2D eigenvalue weighted by Crippen LogP contribution is 2.47. The summed E-state index contributed by atoms with van der Waals surface area (Å²) in [7, 11) is 0. The lowest BCUT2D eigenvalue weighted by Gasteiger charge is -2.41. The fraction of sp³-hybridized carbons (Fsp3) is 0.421. The van der Waals surface area contributed by atoms with E-state index < -0.39 is 0 Å². The highest BCUT2D eigenvalue weighted by molar-refractivity contribution is 5.68. The van der Waals surface area contributed by atoms with Gasteiger partial charge in [-0.05, 0) is 48.3 Å². The second-order valence-corrected chi connectivity index (χ2v) is 6.22. The molecule has 0 amide bonds. The lowest BCUT2D eigenvalue weighted by atomic mass is 9.63. The SMILES string of the molecule is CC=CC(C)(C(C)C)C1CC=CC=C1c1ccc(F)cn1. The highest BCUT2D eigenvalue weighted by atomic mass is 19.1. The quantitative estimate of drug-likeness (QED) is 0.673. The molecule has 0 spiro atoms. The van der Waals surface area contributed by atoms with Gasteiger partial charge in [0, 0.05) is 0 Å². The minimum atomic E-state index is -0.290. The molecule has 0 fully saturated rings. The van der Waals surface area contributed by atoms with Gasteiger partial charge in [0.25, 0.3) is 0 Å². The van der Waals surface area contributed by atoms with E-state index in [4.69, 9.17) is 0 Å². The van der Waals surface area contributed by atoms with Crippen LogP contribution in [0.5, 0.6) is 0 Å². The Balaban J connectivity index is 2.45. The molecule has 0 saturated heterocycles. The van der Waals surface area contributed by atoms with E-state index in [-0.39, 0.29) is 11.2 Å². The summed E-state index contributed by atoms with van der Waals surface area (Å²) < 4.78 is 13.1. The fourth-order valence-corrected chi connectivity index (χ4v) is 3.10. The van der Waals surface area contributed by atoms with Crippen molar-refractivity contribution in [3.05, 3.63) is 60.2 Å². The van der Waals surface area contributed by atoms with Crippen LogP contribution in [-0.2, 0) is 0 Å². The Hall–Kier alpha value is -1.70. The van der Waals surface area contributed by atoms with E-state index in [2.05, 4.69) is 63.1 Å². The first kappa shape index (κ1) is 15.7. The van der Waals surface area contributed by atoms with E-state index in [1.165, 1.54) is 17.8 Å². The van der Waals surface area contributed by atoms with Crippen LogP contribution in [0.4, 0.5) is 4.39 Å². The van der Waals surface area contributed by atoms with Crippen LogP contribution in [0.3, 0.4) is 0 Å². The molecule has 0 bridgehead atoms. The summed E-state index contributed by atoms with van der Waals surface area (Å²) in [6, 6.07) is 3.27. The van der Waals surface area contributed by atoms with E-state index in [0.717, 1.165) is 12.1 Å². The van der Waals surface area contributed by atoms with Crippen LogP contribution >= 0.6 is 0 Å². The van der Waals surface area contributed by atoms with Crippen LogP contribution in [0.25, 0.3) is 5.57 Å². The van der Waals surface area contributed by atoms with Crippen LogP contribution in [-0.4, -0.2) is 4.98 Å². The minimum absolute atomic E-state index is 0.0570. The largest absolute Gasteiger partial charge is 0.254 e. The van der Waals surface area contributed by atoms with Gasteiger partial charge < -0.3 is 0 Å². The Bertz CT molecular complexity index is 566. The van der Waals surface area contributed by atoms with Gasteiger partial charge in [0.15, 0.2) is 0 Å². The molecule has 2 unspecified atom stereocenters. The number of pyridine rings is 1. The van der Waals surface area contributed by atoms with Gasteiger partial charge in [-0.3, -0.25) is 4.98 Å². The Morgan fingerprint density at radius 3 is 2.71 bits per heavy atom. The third-order valence-corrected chi connectivity index (χ3v) is 4.70. The number of rotatable bonds is 4. The zero-order valence-corrected chi connectivity index (χ0v) is 13.3. The Labute approximate surface area is 127 Å². The van der Waals surface area contributed by atoms with Crippen LogP contribution in [0.2, 0.25) is 0 Å². The maximum absolute atomic E-state index is 13.1. The average Bonchev–Trinajstić information content (AvgIpc) is 2.48. The topological polar surface area (TPSA) is 12.9 Å². The first-order valence-corrected chi connectivity index (χ1v) is 7.61. The normalized spacial score (nSPS) is 21.6. The first-order valence-electron chi connectivity index (χ1n) is 7.61. The molecule has 0 N–H and O–H groups in total. The van der Waals surface area contributed by atoms with E-state index in [9.17, 15) is 4.39 Å². The molecule has 2 heteroatoms. The van der Waals surface area contributed by atoms with Crippen molar-refractivity contribution >= 4 is 5.57 Å². The molecule has 1 aliphatic rings. The summed E-state index contributed by atoms with van der Waals surface area (Å²) >= 11 is 0. The lowest BCUT2D eigenvalue weighted by molar-refractivity contribution is 0.221. The smallest absolute Gasteiger partial charge is 0.141 e. The predicted molar refractivity (Wildman–Crippen MR) is 87.2 cm³/mol. The molecule has 1 heterocycles. The molecule has 1 aromatic heterocycles. The molecule has 0 radical (unpaired) electrons. The van der Waals surface area contributed by atoms with E-state index in [1.807, 2.05) is 0 Å². The monoisotopic (exact) mass is 285 g/mol. The molecule has 1 aliphatic carbocycles. The zero-order valence-electron chi connectivity index (χ0n) is 13.3. The summed E-state index contributed by atoms with van der Waals surface area (Å²) in [5, 5.41) is 0. The van der Waals surface area contributed by atoms with Gasteiger partial charge in [-0.25, -0.2) is 4.39 Å². The maximum Gasteiger partial charge on any atom is 0.141 e. The van der Waals surface area contributed by atoms with Gasteiger partial charge in [-0.15, -0.1) is 0 Å². The molecule has 0 aliphatic heterocycles. The Kier molecular flexibility index (Phi) is 4.76. The Morgan fingerprint density at radius 2 is 2.14 bits per heavy atom. The number of hydrogen-bond donors (Lipinski definition) is 0. The molecule has 1 aromatic rings. The molecule has 2 atom stereocenters. The van der Waals surface area contributed by atoms with Crippen molar-refractivity contribution in [1.82, 2.24) is 4.98 Å². The van der Waals surface area contributed by atoms with Gasteiger partial charge in [0.2, 0.25) is 0 Å². The predicted octanol–water partition coefficient (Wildman–Crippen LogP) is 5.42. The van der Waals surface area contributed by atoms with Crippen LogP contribution < -0.4 is 0 Å². The number of aromatic nitrogens is 1. The van der Waals surface area contributed by atoms with Crippen LogP contribution in [0.1, 0.15) is 39.8 Å². The Morgan fingerprint density at radius 1 is 1.38 bits per heavy atom. The van der Waals surface area contributed by atoms with Crippen molar-refractivity contribution in [1.29, 1.82) is 0 Å². The summed E-state index contributed by atoms with van der Waals surface area (Å²) in [4.78, 5) is 4.28. The van der Waals surface area contributed by atoms with Crippen molar-refractivity contribution in [2.45, 2.75) is 34.1 Å². The van der Waals surface area contributed by atoms with Crippen LogP contribution in [0, 0.1) is 23.1 Å². The van der Waals surface area contributed by atoms with E-state index in [0.29, 0.717) is 11.8 Å². The van der Waals surface area contributed by atoms with Gasteiger partial charge in [0.05, 0.1) is 11.9 Å². The van der Waals surface area contributed by atoms with E-state index >= 15 is 0 Å². The van der Waals surface area contributed by atoms with Gasteiger partial charge in [-0.1, -0.05) is 51.2 Å². The number of hydrogen-bond acceptors (Lipinski definition) is 1. The summed E-state index contributed by atoms with van der Waals surface area (Å²) in [5.41, 5.74) is 2.13. The molecule has 1 nitrogen and oxygen atoms in total. The second kappa shape index (κ2) is 6.38. The second-order valence-electron chi connectivity index (χ2n) is 6.22. The summed E-state index contributed by atoms with van der Waals surface area (Å²) in [5.74, 6) is 0.577. The van der Waals surface area contributed by atoms with Crippen molar-refractivity contribution < 1.29 is 4.39 Å². The minimum Gasteiger partial charge on any atom is -0.254 e. The number of nitrogens with zero attached hydrogens (tertiary/aromatic N) is 1. The number of allylic oxidation sites excluding steroid dienone is 6. The van der Waals surface area contributed by atoms with Crippen molar-refractivity contribution in [2.24, 2.45) is 17.3 Å². The molecule has 112 valence electrons. The van der Waals surface area contributed by atoms with Crippen molar-refractivity contribution in [3.63, 3.8) is 0 Å². The summed E-state index contributed by atoms with van der Waals surface area (Å²) in [6.07, 6.45) is 13.1. The van der Waals surface area contributed by atoms with Gasteiger partial charge in [-0.2, -0.15) is 0 Å². The molecule has 0 saturated carbocycles. The number of halogens is 1. The van der Waals surface area contributed by atoms with Crippen LogP contribution in [0.15, 0.2) is 48.7 Å². The third kappa shape index (κ3) is 3.15. The molecule has 0 aromatic carbocycles. The molecule has 21 heavy (non-hydrogen) atoms. The molecule has 2 rings (SSSR count). The average molecular weight is 285 g/mol. The summed E-state index contributed by atoms with van der Waals surface area (Å²) in [6.45, 7) is 8.89. The molecular weight excluding hydrogens is 261 g/mol. The fourth-order valence-electron chi connectivity index (χ4n) is 3.10. The third-order valence-electron chi connectivity index (χ3n) is 4.70. The standard InChI is InChI=1S/C19H24FN/c1-5-12-19(4,14(2)3)17-9-7-6-8-16(17)18-11-10-15(20)13-21-18/h5-8,10-14,17H,9H2,1-4H3.